The zero-order valence-electron chi connectivity index (χ0n) is 15.0. The molecule has 2 heterocycles. The summed E-state index contributed by atoms with van der Waals surface area (Å²) in [6.07, 6.45) is 4.12. The molecule has 0 bridgehead atoms. The van der Waals surface area contributed by atoms with Crippen LogP contribution < -0.4 is 9.47 Å². The molecule has 0 radical (unpaired) electrons. The first-order valence-corrected chi connectivity index (χ1v) is 8.89. The molecule has 3 rings (SSSR count). The van der Waals surface area contributed by atoms with Gasteiger partial charge < -0.3 is 24.6 Å². The summed E-state index contributed by atoms with van der Waals surface area (Å²) in [4.78, 5) is 6.26. The first-order chi connectivity index (χ1) is 12.6. The van der Waals surface area contributed by atoms with Gasteiger partial charge in [-0.15, -0.1) is 0 Å². The highest BCUT2D eigenvalue weighted by molar-refractivity contribution is 5.31. The molecule has 0 amide bonds. The van der Waals surface area contributed by atoms with E-state index in [9.17, 15) is 10.2 Å². The van der Waals surface area contributed by atoms with E-state index in [0.717, 1.165) is 24.4 Å². The number of piperidine rings is 1. The second-order valence-electron chi connectivity index (χ2n) is 6.71. The summed E-state index contributed by atoms with van der Waals surface area (Å²) >= 11 is 0. The molecular weight excluding hydrogens is 332 g/mol. The van der Waals surface area contributed by atoms with Gasteiger partial charge >= 0.3 is 0 Å². The molecule has 140 valence electrons. The molecule has 1 fully saturated rings. The lowest BCUT2D eigenvalue weighted by Crippen LogP contribution is -2.46. The van der Waals surface area contributed by atoms with Gasteiger partial charge in [0.15, 0.2) is 0 Å². The van der Waals surface area contributed by atoms with Gasteiger partial charge in [0.1, 0.15) is 24.2 Å². The molecule has 0 saturated carbocycles. The van der Waals surface area contributed by atoms with Gasteiger partial charge in [-0.05, 0) is 43.2 Å². The Morgan fingerprint density at radius 2 is 1.85 bits per heavy atom. The number of hydrogen-bond acceptors (Lipinski definition) is 6. The van der Waals surface area contributed by atoms with E-state index in [1.807, 2.05) is 36.4 Å². The predicted molar refractivity (Wildman–Crippen MR) is 98.3 cm³/mol. The third-order valence-electron chi connectivity index (χ3n) is 4.85. The number of pyridine rings is 1. The van der Waals surface area contributed by atoms with E-state index in [2.05, 4.69) is 9.88 Å². The summed E-state index contributed by atoms with van der Waals surface area (Å²) in [6.45, 7) is 2.21. The maximum Gasteiger partial charge on any atom is 0.119 e. The van der Waals surface area contributed by atoms with Crippen molar-refractivity contribution in [2.45, 2.75) is 24.5 Å². The molecule has 6 heteroatoms. The summed E-state index contributed by atoms with van der Waals surface area (Å²) in [5.41, 5.74) is 0.0398. The summed E-state index contributed by atoms with van der Waals surface area (Å²) in [5.74, 6) is 1.47. The van der Waals surface area contributed by atoms with E-state index in [1.54, 1.807) is 19.5 Å². The smallest absolute Gasteiger partial charge is 0.119 e. The second-order valence-corrected chi connectivity index (χ2v) is 6.71. The molecule has 1 aliphatic heterocycles. The van der Waals surface area contributed by atoms with E-state index in [1.165, 1.54) is 0 Å². The van der Waals surface area contributed by atoms with Gasteiger partial charge in [0, 0.05) is 37.6 Å². The monoisotopic (exact) mass is 358 g/mol. The highest BCUT2D eigenvalue weighted by Crippen LogP contribution is 2.32. The average molecular weight is 358 g/mol. The number of methoxy groups -OCH3 is 1. The molecule has 1 aliphatic rings. The minimum absolute atomic E-state index is 0.232. The van der Waals surface area contributed by atoms with E-state index in [0.29, 0.717) is 25.1 Å². The van der Waals surface area contributed by atoms with Crippen molar-refractivity contribution in [2.24, 2.45) is 0 Å². The van der Waals surface area contributed by atoms with Crippen LogP contribution in [0.25, 0.3) is 0 Å². The van der Waals surface area contributed by atoms with Crippen LogP contribution in [0, 0.1) is 0 Å². The molecule has 26 heavy (non-hydrogen) atoms. The van der Waals surface area contributed by atoms with Crippen LogP contribution in [0.4, 0.5) is 0 Å². The summed E-state index contributed by atoms with van der Waals surface area (Å²) in [6, 6.07) is 11.1. The normalized spacial score (nSPS) is 18.3. The van der Waals surface area contributed by atoms with Crippen LogP contribution in [-0.4, -0.2) is 59.6 Å². The Bertz CT molecular complexity index is 670. The number of aliphatic hydroxyl groups is 2. The number of aromatic nitrogens is 1. The topological polar surface area (TPSA) is 75.0 Å². The third kappa shape index (κ3) is 4.72. The number of β-amino-alcohol motifs (C(OH)–C–C–N with tert-alkyl or cyclic N) is 1. The Morgan fingerprint density at radius 1 is 1.15 bits per heavy atom. The first-order valence-electron chi connectivity index (χ1n) is 8.89. The molecule has 2 N–H and O–H groups in total. The van der Waals surface area contributed by atoms with Crippen molar-refractivity contribution >= 4 is 0 Å². The van der Waals surface area contributed by atoms with E-state index >= 15 is 0 Å². The Balaban J connectivity index is 1.43. The fraction of sp³-hybridized carbons (Fsp3) is 0.450. The number of benzene rings is 1. The fourth-order valence-electron chi connectivity index (χ4n) is 3.25. The maximum absolute atomic E-state index is 10.8. The Kier molecular flexibility index (Phi) is 6.08. The van der Waals surface area contributed by atoms with Gasteiger partial charge in [-0.25, -0.2) is 0 Å². The number of rotatable bonds is 7. The molecule has 0 aliphatic carbocycles. The molecule has 2 aromatic rings. The van der Waals surface area contributed by atoms with Crippen LogP contribution in [0.5, 0.6) is 11.5 Å². The van der Waals surface area contributed by atoms with Gasteiger partial charge in [-0.2, -0.15) is 0 Å². The van der Waals surface area contributed by atoms with Crippen LogP contribution in [0.15, 0.2) is 48.8 Å². The van der Waals surface area contributed by atoms with Crippen LogP contribution in [0.2, 0.25) is 0 Å². The molecule has 0 spiro atoms. The Labute approximate surface area is 154 Å². The Hall–Kier alpha value is -2.15. The SMILES string of the molecule is COc1ccc(OC[C@H](O)CN2CCC(O)(c3cccnc3)CC2)cc1. The van der Waals surface area contributed by atoms with Crippen LogP contribution >= 0.6 is 0 Å². The molecular formula is C20H26N2O4. The second kappa shape index (κ2) is 8.49. The lowest BCUT2D eigenvalue weighted by Gasteiger charge is -2.39. The molecule has 6 nitrogen and oxygen atoms in total. The van der Waals surface area contributed by atoms with Gasteiger partial charge in [-0.3, -0.25) is 4.98 Å². The number of likely N-dealkylation sites (tertiary alicyclic amines) is 1. The quantitative estimate of drug-likeness (QED) is 0.786. The van der Waals surface area contributed by atoms with Gasteiger partial charge in [0.25, 0.3) is 0 Å². The van der Waals surface area contributed by atoms with E-state index in [-0.39, 0.29) is 6.61 Å². The Morgan fingerprint density at radius 3 is 2.46 bits per heavy atom. The summed E-state index contributed by atoms with van der Waals surface area (Å²) in [5, 5.41) is 21.1. The highest BCUT2D eigenvalue weighted by atomic mass is 16.5. The van der Waals surface area contributed by atoms with Crippen molar-refractivity contribution < 1.29 is 19.7 Å². The van der Waals surface area contributed by atoms with Crippen LogP contribution in [-0.2, 0) is 5.60 Å². The van der Waals surface area contributed by atoms with Gasteiger partial charge in [0.05, 0.1) is 12.7 Å². The lowest BCUT2D eigenvalue weighted by molar-refractivity contribution is -0.0374. The van der Waals surface area contributed by atoms with Crippen molar-refractivity contribution in [1.29, 1.82) is 0 Å². The maximum atomic E-state index is 10.8. The van der Waals surface area contributed by atoms with Gasteiger partial charge in [-0.1, -0.05) is 6.07 Å². The summed E-state index contributed by atoms with van der Waals surface area (Å²) in [7, 11) is 1.62. The summed E-state index contributed by atoms with van der Waals surface area (Å²) < 4.78 is 10.7. The largest absolute Gasteiger partial charge is 0.497 e. The van der Waals surface area contributed by atoms with Crippen molar-refractivity contribution in [3.63, 3.8) is 0 Å². The van der Waals surface area contributed by atoms with E-state index < -0.39 is 11.7 Å². The number of aliphatic hydroxyl groups excluding tert-OH is 1. The standard InChI is InChI=1S/C20H26N2O4/c1-25-18-4-6-19(7-5-18)26-15-17(23)14-22-11-8-20(24,9-12-22)16-3-2-10-21-13-16/h2-7,10,13,17,23-24H,8-9,11-12,14-15H2,1H3/t17-/m1/s1. The van der Waals surface area contributed by atoms with Crippen molar-refractivity contribution in [2.75, 3.05) is 33.4 Å². The zero-order valence-corrected chi connectivity index (χ0v) is 15.0. The van der Waals surface area contributed by atoms with Crippen LogP contribution in [0.1, 0.15) is 18.4 Å². The molecule has 0 unspecified atom stereocenters. The molecule has 1 aromatic heterocycles. The van der Waals surface area contributed by atoms with Crippen molar-refractivity contribution in [1.82, 2.24) is 9.88 Å². The van der Waals surface area contributed by atoms with Crippen molar-refractivity contribution in [3.05, 3.63) is 54.4 Å². The molecule has 1 saturated heterocycles. The number of hydrogen-bond donors (Lipinski definition) is 2. The van der Waals surface area contributed by atoms with Gasteiger partial charge in [0.2, 0.25) is 0 Å². The fourth-order valence-corrected chi connectivity index (χ4v) is 3.25. The van der Waals surface area contributed by atoms with E-state index in [4.69, 9.17) is 9.47 Å². The first kappa shape index (κ1) is 18.6. The lowest BCUT2D eigenvalue weighted by atomic mass is 9.85. The van der Waals surface area contributed by atoms with Crippen LogP contribution in [0.3, 0.4) is 0 Å². The third-order valence-corrected chi connectivity index (χ3v) is 4.85. The minimum atomic E-state index is -0.824. The zero-order chi connectivity index (χ0) is 18.4. The number of ether oxygens (including phenoxy) is 2. The van der Waals surface area contributed by atoms with Crippen molar-refractivity contribution in [3.8, 4) is 11.5 Å². The number of nitrogens with zero attached hydrogens (tertiary/aromatic N) is 2. The predicted octanol–water partition coefficient (Wildman–Crippen LogP) is 1.81. The average Bonchev–Trinajstić information content (AvgIpc) is 2.69. The highest BCUT2D eigenvalue weighted by Gasteiger charge is 2.34. The minimum Gasteiger partial charge on any atom is -0.497 e. The molecule has 1 aromatic carbocycles. The molecule has 1 atom stereocenters.